The molecule has 2 rings (SSSR count). The molecule has 0 bridgehead atoms. The smallest absolute Gasteiger partial charge is 0.0265 e. The monoisotopic (exact) mass is 399 g/mol. The first-order valence-electron chi connectivity index (χ1n) is 4.70. The fraction of sp³-hybridized carbons (Fsp3) is 0.455. The molecule has 88 valence electrons. The number of rotatable bonds is 0. The van der Waals surface area contributed by atoms with Crippen LogP contribution >= 0.6 is 11.3 Å². The van der Waals surface area contributed by atoms with Gasteiger partial charge in [0.05, 0.1) is 0 Å². The van der Waals surface area contributed by atoms with Crippen molar-refractivity contribution in [2.45, 2.75) is 27.7 Å². The maximum atomic E-state index is 4.07. The average molecular weight is 399 g/mol. The minimum Gasteiger partial charge on any atom is -0.426 e. The standard InChI is InChI=1S/C6H9N2.C5H6NS.2Y/c1-5-4-6(2)8(3)7-5;1-4-3-7-5(2)6-4;;/h1-3H3;1-2H3;;/q2*-1;;. The molecule has 0 N–H and O–H groups in total. The van der Waals surface area contributed by atoms with E-state index in [9.17, 15) is 0 Å². The average Bonchev–Trinajstić information content (AvgIpc) is 2.61. The topological polar surface area (TPSA) is 30.7 Å². The number of aromatic nitrogens is 3. The quantitative estimate of drug-likeness (QED) is 0.638. The summed E-state index contributed by atoms with van der Waals surface area (Å²) in [5.74, 6) is 0. The van der Waals surface area contributed by atoms with Gasteiger partial charge in [0, 0.05) is 72.5 Å². The van der Waals surface area contributed by atoms with Gasteiger partial charge in [-0.05, 0) is 6.92 Å². The van der Waals surface area contributed by atoms with E-state index in [1.54, 1.807) is 11.3 Å². The third-order valence-corrected chi connectivity index (χ3v) is 2.60. The molecule has 2 heterocycles. The van der Waals surface area contributed by atoms with Crippen LogP contribution in [0, 0.1) is 39.1 Å². The Morgan fingerprint density at radius 1 is 1.06 bits per heavy atom. The van der Waals surface area contributed by atoms with Crippen LogP contribution < -0.4 is 0 Å². The minimum atomic E-state index is 0. The van der Waals surface area contributed by atoms with Gasteiger partial charge >= 0.3 is 0 Å². The predicted molar refractivity (Wildman–Crippen MR) is 61.9 cm³/mol. The van der Waals surface area contributed by atoms with Crippen molar-refractivity contribution >= 4 is 11.3 Å². The van der Waals surface area contributed by atoms with Crippen LogP contribution in [-0.2, 0) is 72.5 Å². The first-order chi connectivity index (χ1) is 6.99. The van der Waals surface area contributed by atoms with Crippen molar-refractivity contribution in [1.29, 1.82) is 0 Å². The van der Waals surface area contributed by atoms with Crippen LogP contribution in [0.15, 0.2) is 0 Å². The SMILES string of the molecule is Cc1[c-]c(C)n(C)n1.Cc1[c-]sc(C)n1.[Y].[Y]. The summed E-state index contributed by atoms with van der Waals surface area (Å²) < 4.78 is 1.81. The van der Waals surface area contributed by atoms with E-state index in [1.165, 1.54) is 0 Å². The zero-order chi connectivity index (χ0) is 11.4. The molecule has 0 aliphatic rings. The molecule has 2 aromatic heterocycles. The summed E-state index contributed by atoms with van der Waals surface area (Å²) in [7, 11) is 1.92. The molecule has 0 amide bonds. The molecule has 2 aromatic rings. The molecule has 0 aliphatic heterocycles. The normalized spacial score (nSPS) is 8.53. The third-order valence-electron chi connectivity index (χ3n) is 1.82. The van der Waals surface area contributed by atoms with Crippen molar-refractivity contribution in [3.63, 3.8) is 0 Å². The molecular formula is C11H15N3SY2-2. The Balaban J connectivity index is 0. The zero-order valence-corrected chi connectivity index (χ0v) is 17.4. The van der Waals surface area contributed by atoms with E-state index in [2.05, 4.69) is 21.5 Å². The second-order valence-corrected chi connectivity index (χ2v) is 4.34. The summed E-state index contributed by atoms with van der Waals surface area (Å²) in [5.41, 5.74) is 3.05. The molecule has 2 radical (unpaired) electrons. The summed E-state index contributed by atoms with van der Waals surface area (Å²) in [4.78, 5) is 4.07. The summed E-state index contributed by atoms with van der Waals surface area (Å²) in [5, 5.41) is 8.17. The second-order valence-electron chi connectivity index (χ2n) is 3.34. The van der Waals surface area contributed by atoms with Crippen LogP contribution in [-0.4, -0.2) is 14.8 Å². The Labute approximate surface area is 158 Å². The van der Waals surface area contributed by atoms with Gasteiger partial charge in [-0.25, -0.2) is 5.10 Å². The molecule has 17 heavy (non-hydrogen) atoms. The van der Waals surface area contributed by atoms with Crippen LogP contribution in [0.4, 0.5) is 0 Å². The molecule has 0 aliphatic carbocycles. The van der Waals surface area contributed by atoms with E-state index < -0.39 is 0 Å². The molecule has 0 fully saturated rings. The van der Waals surface area contributed by atoms with Gasteiger partial charge < -0.3 is 27.1 Å². The molecule has 6 heteroatoms. The molecule has 3 nitrogen and oxygen atoms in total. The van der Waals surface area contributed by atoms with Gasteiger partial charge in [0.1, 0.15) is 0 Å². The summed E-state index contributed by atoms with van der Waals surface area (Å²) >= 11 is 1.57. The summed E-state index contributed by atoms with van der Waals surface area (Å²) in [6.45, 7) is 7.85. The van der Waals surface area contributed by atoms with E-state index in [1.807, 2.05) is 39.4 Å². The van der Waals surface area contributed by atoms with Crippen LogP contribution in [0.25, 0.3) is 0 Å². The second kappa shape index (κ2) is 9.91. The maximum absolute atomic E-state index is 4.07. The Kier molecular flexibility index (Phi) is 11.9. The van der Waals surface area contributed by atoms with Gasteiger partial charge in [-0.2, -0.15) is 5.38 Å². The number of nitrogens with zero attached hydrogens (tertiary/aromatic N) is 3. The molecular weight excluding hydrogens is 384 g/mol. The van der Waals surface area contributed by atoms with Gasteiger partial charge in [0.2, 0.25) is 0 Å². The Morgan fingerprint density at radius 2 is 1.65 bits per heavy atom. The van der Waals surface area contributed by atoms with Crippen LogP contribution in [0.1, 0.15) is 22.1 Å². The molecule has 0 unspecified atom stereocenters. The fourth-order valence-corrected chi connectivity index (χ4v) is 1.62. The van der Waals surface area contributed by atoms with Gasteiger partial charge in [-0.3, -0.25) is 0 Å². The number of aryl methyl sites for hydroxylation is 5. The molecule has 0 saturated heterocycles. The molecule has 0 atom stereocenters. The first-order valence-corrected chi connectivity index (χ1v) is 5.52. The first kappa shape index (κ1) is 20.4. The van der Waals surface area contributed by atoms with Gasteiger partial charge in [0.15, 0.2) is 0 Å². The number of thiazole rings is 1. The van der Waals surface area contributed by atoms with E-state index in [0.29, 0.717) is 0 Å². The summed E-state index contributed by atoms with van der Waals surface area (Å²) in [6, 6.07) is 3.06. The van der Waals surface area contributed by atoms with Crippen LogP contribution in [0.5, 0.6) is 0 Å². The number of hydrogen-bond acceptors (Lipinski definition) is 3. The van der Waals surface area contributed by atoms with Crippen molar-refractivity contribution in [2.24, 2.45) is 7.05 Å². The zero-order valence-electron chi connectivity index (χ0n) is 10.9. The van der Waals surface area contributed by atoms with Gasteiger partial charge in [-0.15, -0.1) is 11.4 Å². The van der Waals surface area contributed by atoms with Crippen molar-refractivity contribution in [2.75, 3.05) is 0 Å². The Morgan fingerprint density at radius 3 is 1.76 bits per heavy atom. The fourth-order valence-electron chi connectivity index (χ4n) is 1.10. The molecule has 0 spiro atoms. The summed E-state index contributed by atoms with van der Waals surface area (Å²) in [6.07, 6.45) is 0. The molecule has 0 saturated carbocycles. The molecule has 0 aromatic carbocycles. The van der Waals surface area contributed by atoms with E-state index in [-0.39, 0.29) is 65.4 Å². The van der Waals surface area contributed by atoms with Crippen LogP contribution in [0.3, 0.4) is 0 Å². The van der Waals surface area contributed by atoms with Crippen molar-refractivity contribution < 1.29 is 65.4 Å². The van der Waals surface area contributed by atoms with E-state index in [4.69, 9.17) is 0 Å². The van der Waals surface area contributed by atoms with E-state index >= 15 is 0 Å². The van der Waals surface area contributed by atoms with Gasteiger partial charge in [0.25, 0.3) is 0 Å². The van der Waals surface area contributed by atoms with Crippen molar-refractivity contribution in [3.8, 4) is 0 Å². The largest absolute Gasteiger partial charge is 0.426 e. The van der Waals surface area contributed by atoms with Crippen molar-refractivity contribution in [1.82, 2.24) is 14.8 Å². The van der Waals surface area contributed by atoms with Crippen molar-refractivity contribution in [3.05, 3.63) is 33.5 Å². The Hall–Kier alpha value is 1.05. The third kappa shape index (κ3) is 7.94. The number of hydrogen-bond donors (Lipinski definition) is 0. The van der Waals surface area contributed by atoms with Crippen LogP contribution in [0.2, 0.25) is 0 Å². The maximum Gasteiger partial charge on any atom is 0.0265 e. The minimum absolute atomic E-state index is 0. The van der Waals surface area contributed by atoms with E-state index in [0.717, 1.165) is 22.1 Å². The van der Waals surface area contributed by atoms with Gasteiger partial charge in [-0.1, -0.05) is 31.5 Å². The predicted octanol–water partition coefficient (Wildman–Crippen LogP) is 2.39. The Bertz CT molecular complexity index is 402.